The Bertz CT molecular complexity index is 660. The molecular formula is C11H6BrIN2. The summed E-state index contributed by atoms with van der Waals surface area (Å²) in [6, 6.07) is 8.40. The van der Waals surface area contributed by atoms with Gasteiger partial charge >= 0.3 is 0 Å². The van der Waals surface area contributed by atoms with Gasteiger partial charge in [-0.25, -0.2) is 4.98 Å². The van der Waals surface area contributed by atoms with Gasteiger partial charge in [-0.05, 0) is 46.2 Å². The molecule has 0 fully saturated rings. The van der Waals surface area contributed by atoms with E-state index in [-0.39, 0.29) is 0 Å². The van der Waals surface area contributed by atoms with Crippen LogP contribution in [0, 0.1) is 3.57 Å². The SMILES string of the molecule is Brc1ccc2c(c1)c(I)cc1[nH]cnc12. The van der Waals surface area contributed by atoms with Crippen molar-refractivity contribution in [2.24, 2.45) is 0 Å². The summed E-state index contributed by atoms with van der Waals surface area (Å²) in [5.41, 5.74) is 2.13. The number of rotatable bonds is 0. The molecule has 0 aliphatic carbocycles. The third kappa shape index (κ3) is 1.47. The fourth-order valence-corrected chi connectivity index (χ4v) is 2.87. The summed E-state index contributed by atoms with van der Waals surface area (Å²) in [5, 5.41) is 2.44. The number of halogens is 2. The lowest BCUT2D eigenvalue weighted by Gasteiger charge is -2.02. The second kappa shape index (κ2) is 3.45. The standard InChI is InChI=1S/C11H6BrIN2/c12-6-1-2-7-8(3-6)9(13)4-10-11(7)15-5-14-10/h1-5H,(H,14,15). The Kier molecular flexibility index (Phi) is 2.21. The largest absolute Gasteiger partial charge is 0.345 e. The van der Waals surface area contributed by atoms with E-state index in [1.807, 2.05) is 6.07 Å². The number of aromatic amines is 1. The normalized spacial score (nSPS) is 11.3. The summed E-state index contributed by atoms with van der Waals surface area (Å²) in [7, 11) is 0. The Morgan fingerprint density at radius 1 is 1.20 bits per heavy atom. The number of benzene rings is 2. The van der Waals surface area contributed by atoms with E-state index in [9.17, 15) is 0 Å². The van der Waals surface area contributed by atoms with Gasteiger partial charge in [0.2, 0.25) is 0 Å². The third-order valence-electron chi connectivity index (χ3n) is 2.43. The first kappa shape index (κ1) is 9.59. The van der Waals surface area contributed by atoms with Crippen LogP contribution in [0.1, 0.15) is 0 Å². The Balaban J connectivity index is 2.61. The van der Waals surface area contributed by atoms with Gasteiger partial charge in [-0.1, -0.05) is 22.0 Å². The van der Waals surface area contributed by atoms with Crippen LogP contribution in [0.2, 0.25) is 0 Å². The van der Waals surface area contributed by atoms with E-state index in [1.54, 1.807) is 6.33 Å². The van der Waals surface area contributed by atoms with Crippen LogP contribution in [-0.2, 0) is 0 Å². The van der Waals surface area contributed by atoms with Gasteiger partial charge in [-0.2, -0.15) is 0 Å². The number of H-pyrrole nitrogens is 1. The van der Waals surface area contributed by atoms with Gasteiger partial charge in [0.1, 0.15) is 0 Å². The summed E-state index contributed by atoms with van der Waals surface area (Å²) in [6.45, 7) is 0. The average molecular weight is 373 g/mol. The first-order valence-electron chi connectivity index (χ1n) is 4.46. The van der Waals surface area contributed by atoms with Crippen LogP contribution < -0.4 is 0 Å². The van der Waals surface area contributed by atoms with Crippen molar-refractivity contribution in [3.8, 4) is 0 Å². The minimum Gasteiger partial charge on any atom is -0.345 e. The second-order valence-electron chi connectivity index (χ2n) is 3.35. The molecule has 2 aromatic carbocycles. The highest BCUT2D eigenvalue weighted by Crippen LogP contribution is 2.29. The maximum Gasteiger partial charge on any atom is 0.0961 e. The Labute approximate surface area is 108 Å². The Morgan fingerprint density at radius 2 is 2.07 bits per heavy atom. The van der Waals surface area contributed by atoms with Crippen molar-refractivity contribution in [2.45, 2.75) is 0 Å². The van der Waals surface area contributed by atoms with Crippen LogP contribution in [0.3, 0.4) is 0 Å². The zero-order valence-electron chi connectivity index (χ0n) is 7.59. The van der Waals surface area contributed by atoms with Crippen molar-refractivity contribution in [2.75, 3.05) is 0 Å². The summed E-state index contributed by atoms with van der Waals surface area (Å²) in [5.74, 6) is 0. The number of nitrogens with one attached hydrogen (secondary N) is 1. The Hall–Kier alpha value is -0.620. The number of imidazole rings is 1. The van der Waals surface area contributed by atoms with E-state index in [0.717, 1.165) is 15.5 Å². The number of aromatic nitrogens is 2. The predicted molar refractivity (Wildman–Crippen MR) is 74.0 cm³/mol. The number of hydrogen-bond donors (Lipinski definition) is 1. The highest BCUT2D eigenvalue weighted by Gasteiger charge is 2.06. The lowest BCUT2D eigenvalue weighted by molar-refractivity contribution is 1.35. The van der Waals surface area contributed by atoms with Gasteiger partial charge in [-0.15, -0.1) is 0 Å². The van der Waals surface area contributed by atoms with E-state index in [0.29, 0.717) is 0 Å². The molecule has 74 valence electrons. The zero-order chi connectivity index (χ0) is 10.4. The topological polar surface area (TPSA) is 28.7 Å². The third-order valence-corrected chi connectivity index (χ3v) is 3.82. The van der Waals surface area contributed by atoms with Gasteiger partial charge in [-0.3, -0.25) is 0 Å². The highest BCUT2D eigenvalue weighted by molar-refractivity contribution is 14.1. The summed E-state index contributed by atoms with van der Waals surface area (Å²) >= 11 is 5.84. The molecule has 1 aromatic heterocycles. The van der Waals surface area contributed by atoms with E-state index in [1.165, 1.54) is 14.3 Å². The molecule has 0 aliphatic heterocycles. The average Bonchev–Trinajstić information content (AvgIpc) is 2.66. The van der Waals surface area contributed by atoms with E-state index >= 15 is 0 Å². The molecule has 2 nitrogen and oxygen atoms in total. The summed E-state index contributed by atoms with van der Waals surface area (Å²) in [4.78, 5) is 7.48. The van der Waals surface area contributed by atoms with E-state index in [2.05, 4.69) is 66.7 Å². The molecule has 0 spiro atoms. The first-order valence-corrected chi connectivity index (χ1v) is 6.34. The van der Waals surface area contributed by atoms with Crippen LogP contribution in [-0.4, -0.2) is 9.97 Å². The Morgan fingerprint density at radius 3 is 2.93 bits per heavy atom. The van der Waals surface area contributed by atoms with Crippen LogP contribution in [0.4, 0.5) is 0 Å². The molecule has 0 unspecified atom stereocenters. The number of hydrogen-bond acceptors (Lipinski definition) is 1. The van der Waals surface area contributed by atoms with Crippen molar-refractivity contribution in [3.63, 3.8) is 0 Å². The smallest absolute Gasteiger partial charge is 0.0961 e. The van der Waals surface area contributed by atoms with Gasteiger partial charge in [0.05, 0.1) is 17.4 Å². The van der Waals surface area contributed by atoms with Crippen molar-refractivity contribution < 1.29 is 0 Å². The molecule has 0 saturated heterocycles. The molecule has 0 saturated carbocycles. The lowest BCUT2D eigenvalue weighted by atomic mass is 10.1. The molecule has 0 radical (unpaired) electrons. The number of fused-ring (bicyclic) bond motifs is 3. The molecule has 3 aromatic rings. The van der Waals surface area contributed by atoms with Crippen molar-refractivity contribution >= 4 is 60.3 Å². The molecular weight excluding hydrogens is 367 g/mol. The summed E-state index contributed by atoms with van der Waals surface area (Å²) in [6.07, 6.45) is 1.74. The molecule has 0 amide bonds. The highest BCUT2D eigenvalue weighted by atomic mass is 127. The monoisotopic (exact) mass is 372 g/mol. The first-order chi connectivity index (χ1) is 7.25. The number of nitrogens with zero attached hydrogens (tertiary/aromatic N) is 1. The molecule has 0 aliphatic rings. The van der Waals surface area contributed by atoms with E-state index < -0.39 is 0 Å². The summed E-state index contributed by atoms with van der Waals surface area (Å²) < 4.78 is 2.34. The van der Waals surface area contributed by atoms with Gasteiger partial charge in [0, 0.05) is 13.4 Å². The predicted octanol–water partition coefficient (Wildman–Crippen LogP) is 4.08. The quantitative estimate of drug-likeness (QED) is 0.592. The van der Waals surface area contributed by atoms with Crippen LogP contribution >= 0.6 is 38.5 Å². The molecule has 15 heavy (non-hydrogen) atoms. The molecule has 0 bridgehead atoms. The van der Waals surface area contributed by atoms with E-state index in [4.69, 9.17) is 0 Å². The fourth-order valence-electron chi connectivity index (χ4n) is 1.75. The zero-order valence-corrected chi connectivity index (χ0v) is 11.3. The van der Waals surface area contributed by atoms with Crippen LogP contribution in [0.15, 0.2) is 35.1 Å². The molecule has 3 rings (SSSR count). The maximum absolute atomic E-state index is 4.34. The minimum absolute atomic E-state index is 1.04. The minimum atomic E-state index is 1.04. The molecule has 4 heteroatoms. The lowest BCUT2D eigenvalue weighted by Crippen LogP contribution is -1.81. The van der Waals surface area contributed by atoms with Crippen molar-refractivity contribution in [3.05, 3.63) is 38.6 Å². The maximum atomic E-state index is 4.34. The van der Waals surface area contributed by atoms with Crippen molar-refractivity contribution in [1.82, 2.24) is 9.97 Å². The fraction of sp³-hybridized carbons (Fsp3) is 0. The van der Waals surface area contributed by atoms with Gasteiger partial charge in [0.15, 0.2) is 0 Å². The van der Waals surface area contributed by atoms with Crippen LogP contribution in [0.5, 0.6) is 0 Å². The van der Waals surface area contributed by atoms with Crippen molar-refractivity contribution in [1.29, 1.82) is 0 Å². The van der Waals surface area contributed by atoms with Crippen LogP contribution in [0.25, 0.3) is 21.8 Å². The van der Waals surface area contributed by atoms with Gasteiger partial charge in [0.25, 0.3) is 0 Å². The van der Waals surface area contributed by atoms with Gasteiger partial charge < -0.3 is 4.98 Å². The molecule has 1 heterocycles. The second-order valence-corrected chi connectivity index (χ2v) is 5.42. The molecule has 1 N–H and O–H groups in total. The molecule has 0 atom stereocenters.